The molecule has 1 atom stereocenters. The van der Waals surface area contributed by atoms with Crippen LogP contribution < -0.4 is 5.32 Å². The fourth-order valence-corrected chi connectivity index (χ4v) is 3.51. The van der Waals surface area contributed by atoms with E-state index >= 15 is 0 Å². The Balaban J connectivity index is 1.86. The van der Waals surface area contributed by atoms with Gasteiger partial charge in [-0.05, 0) is 72.1 Å². The van der Waals surface area contributed by atoms with Crippen LogP contribution in [-0.2, 0) is 12.8 Å². The van der Waals surface area contributed by atoms with E-state index in [-0.39, 0.29) is 0 Å². The third kappa shape index (κ3) is 4.19. The van der Waals surface area contributed by atoms with Crippen LogP contribution in [0.25, 0.3) is 0 Å². The van der Waals surface area contributed by atoms with Gasteiger partial charge in [-0.2, -0.15) is 0 Å². The van der Waals surface area contributed by atoms with Crippen molar-refractivity contribution in [3.63, 3.8) is 0 Å². The fraction of sp³-hybridized carbons (Fsp3) is 0.357. The number of nitrogens with zero attached hydrogens (tertiary/aromatic N) is 1. The number of rotatable bonds is 6. The van der Waals surface area contributed by atoms with Crippen LogP contribution in [-0.4, -0.2) is 18.1 Å². The van der Waals surface area contributed by atoms with Crippen molar-refractivity contribution in [1.29, 1.82) is 0 Å². The summed E-state index contributed by atoms with van der Waals surface area (Å²) in [6.07, 6.45) is 7.06. The molecule has 2 rings (SSSR count). The molecule has 1 N–H and O–H groups in total. The average Bonchev–Trinajstić information content (AvgIpc) is 2.81. The van der Waals surface area contributed by atoms with Crippen LogP contribution in [0.4, 0.5) is 0 Å². The molecule has 18 heavy (non-hydrogen) atoms. The lowest BCUT2D eigenvalue weighted by Gasteiger charge is -2.15. The number of pyridine rings is 1. The molecule has 0 spiro atoms. The molecule has 0 aliphatic carbocycles. The van der Waals surface area contributed by atoms with E-state index in [1.165, 1.54) is 14.2 Å². The van der Waals surface area contributed by atoms with Crippen molar-refractivity contribution in [3.8, 4) is 0 Å². The minimum atomic E-state index is 0.531. The van der Waals surface area contributed by atoms with E-state index in [2.05, 4.69) is 50.5 Å². The van der Waals surface area contributed by atoms with Gasteiger partial charge in [-0.3, -0.25) is 4.98 Å². The van der Waals surface area contributed by atoms with Gasteiger partial charge in [0.1, 0.15) is 0 Å². The van der Waals surface area contributed by atoms with Crippen molar-refractivity contribution in [3.05, 3.63) is 50.9 Å². The van der Waals surface area contributed by atoms with Crippen LogP contribution >= 0.6 is 27.3 Å². The Kier molecular flexibility index (Phi) is 5.35. The zero-order valence-electron chi connectivity index (χ0n) is 10.4. The molecule has 0 saturated heterocycles. The second-order valence-corrected chi connectivity index (χ2v) is 6.84. The summed E-state index contributed by atoms with van der Waals surface area (Å²) in [6, 6.07) is 9.04. The van der Waals surface area contributed by atoms with Crippen LogP contribution in [0.15, 0.2) is 40.4 Å². The summed E-state index contributed by atoms with van der Waals surface area (Å²) >= 11 is 5.33. The van der Waals surface area contributed by atoms with Gasteiger partial charge < -0.3 is 5.32 Å². The van der Waals surface area contributed by atoms with Crippen LogP contribution in [0.2, 0.25) is 0 Å². The topological polar surface area (TPSA) is 24.9 Å². The first-order valence-corrected chi connectivity index (χ1v) is 7.69. The number of likely N-dealkylation sites (N-methyl/N-ethyl adjacent to an activating group) is 1. The Hall–Kier alpha value is -0.710. The minimum Gasteiger partial charge on any atom is -0.317 e. The highest BCUT2D eigenvalue weighted by atomic mass is 79.9. The summed E-state index contributed by atoms with van der Waals surface area (Å²) in [5, 5.41) is 3.41. The molecule has 96 valence electrons. The van der Waals surface area contributed by atoms with E-state index in [4.69, 9.17) is 0 Å². The van der Waals surface area contributed by atoms with Gasteiger partial charge in [-0.1, -0.05) is 0 Å². The monoisotopic (exact) mass is 324 g/mol. The SMILES string of the molecule is CNC(CCc1ccncc1)Cc1ccc(Br)s1. The molecule has 0 radical (unpaired) electrons. The molecule has 0 aliphatic rings. The molecular formula is C14H17BrN2S. The summed E-state index contributed by atoms with van der Waals surface area (Å²) in [4.78, 5) is 5.47. The number of nitrogens with one attached hydrogen (secondary N) is 1. The molecule has 0 fully saturated rings. The molecule has 0 amide bonds. The second-order valence-electron chi connectivity index (χ2n) is 4.29. The Bertz CT molecular complexity index is 470. The summed E-state index contributed by atoms with van der Waals surface area (Å²) in [6.45, 7) is 0. The highest BCUT2D eigenvalue weighted by Crippen LogP contribution is 2.23. The predicted molar refractivity (Wildman–Crippen MR) is 81.1 cm³/mol. The first-order chi connectivity index (χ1) is 8.78. The number of thiophene rings is 1. The lowest BCUT2D eigenvalue weighted by molar-refractivity contribution is 0.523. The van der Waals surface area contributed by atoms with Crippen molar-refractivity contribution in [2.45, 2.75) is 25.3 Å². The van der Waals surface area contributed by atoms with E-state index < -0.39 is 0 Å². The first kappa shape index (κ1) is 13.7. The third-order valence-corrected chi connectivity index (χ3v) is 4.66. The van der Waals surface area contributed by atoms with Crippen molar-refractivity contribution in [1.82, 2.24) is 10.3 Å². The van der Waals surface area contributed by atoms with Crippen molar-refractivity contribution >= 4 is 27.3 Å². The van der Waals surface area contributed by atoms with Crippen LogP contribution in [0.3, 0.4) is 0 Å². The number of aromatic nitrogens is 1. The van der Waals surface area contributed by atoms with E-state index in [1.54, 1.807) is 0 Å². The fourth-order valence-electron chi connectivity index (χ4n) is 1.94. The van der Waals surface area contributed by atoms with E-state index in [0.717, 1.165) is 19.3 Å². The smallest absolute Gasteiger partial charge is 0.0701 e. The van der Waals surface area contributed by atoms with E-state index in [9.17, 15) is 0 Å². The van der Waals surface area contributed by atoms with Crippen molar-refractivity contribution < 1.29 is 0 Å². The Morgan fingerprint density at radius 2 is 2.06 bits per heavy atom. The van der Waals surface area contributed by atoms with Crippen molar-refractivity contribution in [2.75, 3.05) is 7.05 Å². The average molecular weight is 325 g/mol. The standard InChI is InChI=1S/C14H17BrN2S/c1-16-12(10-13-4-5-14(15)18-13)3-2-11-6-8-17-9-7-11/h4-9,12,16H,2-3,10H2,1H3. The molecule has 2 heterocycles. The molecule has 2 nitrogen and oxygen atoms in total. The van der Waals surface area contributed by atoms with Gasteiger partial charge in [0.15, 0.2) is 0 Å². The van der Waals surface area contributed by atoms with Gasteiger partial charge in [-0.15, -0.1) is 11.3 Å². The Morgan fingerprint density at radius 3 is 2.67 bits per heavy atom. The maximum absolute atomic E-state index is 4.04. The summed E-state index contributed by atoms with van der Waals surface area (Å²) in [7, 11) is 2.04. The highest BCUT2D eigenvalue weighted by molar-refractivity contribution is 9.11. The van der Waals surface area contributed by atoms with Crippen LogP contribution in [0.1, 0.15) is 16.9 Å². The number of halogens is 1. The number of aryl methyl sites for hydroxylation is 1. The molecule has 0 bridgehead atoms. The highest BCUT2D eigenvalue weighted by Gasteiger charge is 2.09. The normalized spacial score (nSPS) is 12.6. The summed E-state index contributed by atoms with van der Waals surface area (Å²) in [5.74, 6) is 0. The zero-order valence-corrected chi connectivity index (χ0v) is 12.8. The van der Waals surface area contributed by atoms with Gasteiger partial charge in [0, 0.05) is 23.3 Å². The summed E-state index contributed by atoms with van der Waals surface area (Å²) in [5.41, 5.74) is 1.36. The molecule has 2 aromatic heterocycles. The van der Waals surface area contributed by atoms with Gasteiger partial charge in [0.25, 0.3) is 0 Å². The van der Waals surface area contributed by atoms with Crippen LogP contribution in [0.5, 0.6) is 0 Å². The third-order valence-electron chi connectivity index (χ3n) is 3.02. The Morgan fingerprint density at radius 1 is 1.28 bits per heavy atom. The molecule has 4 heteroatoms. The second kappa shape index (κ2) is 7.02. The molecule has 0 aliphatic heterocycles. The maximum atomic E-state index is 4.04. The lowest BCUT2D eigenvalue weighted by Crippen LogP contribution is -2.27. The number of hydrogen-bond donors (Lipinski definition) is 1. The molecular weight excluding hydrogens is 308 g/mol. The van der Waals surface area contributed by atoms with Gasteiger partial charge in [0.2, 0.25) is 0 Å². The Labute approximate surface area is 121 Å². The first-order valence-electron chi connectivity index (χ1n) is 6.08. The van der Waals surface area contributed by atoms with Crippen molar-refractivity contribution in [2.24, 2.45) is 0 Å². The molecule has 1 unspecified atom stereocenters. The molecule has 0 aromatic carbocycles. The lowest BCUT2D eigenvalue weighted by atomic mass is 10.0. The summed E-state index contributed by atoms with van der Waals surface area (Å²) < 4.78 is 1.21. The number of hydrogen-bond acceptors (Lipinski definition) is 3. The van der Waals surface area contributed by atoms with E-state index in [0.29, 0.717) is 6.04 Å². The maximum Gasteiger partial charge on any atom is 0.0701 e. The largest absolute Gasteiger partial charge is 0.317 e. The van der Waals surface area contributed by atoms with Gasteiger partial charge in [-0.25, -0.2) is 0 Å². The minimum absolute atomic E-state index is 0.531. The molecule has 2 aromatic rings. The van der Waals surface area contributed by atoms with Gasteiger partial charge >= 0.3 is 0 Å². The van der Waals surface area contributed by atoms with E-state index in [1.807, 2.05) is 30.8 Å². The zero-order chi connectivity index (χ0) is 12.8. The predicted octanol–water partition coefficient (Wildman–Crippen LogP) is 3.67. The van der Waals surface area contributed by atoms with Gasteiger partial charge in [0.05, 0.1) is 3.79 Å². The molecule has 0 saturated carbocycles. The quantitative estimate of drug-likeness (QED) is 0.876. The van der Waals surface area contributed by atoms with Crippen LogP contribution in [0, 0.1) is 0 Å².